The van der Waals surface area contributed by atoms with Gasteiger partial charge < -0.3 is 15.0 Å². The fraction of sp³-hybridized carbons (Fsp3) is 0.227. The molecule has 0 unspecified atom stereocenters. The molecule has 0 fully saturated rings. The molecule has 0 saturated carbocycles. The molecule has 2 aromatic carbocycles. The first kappa shape index (κ1) is 24.8. The summed E-state index contributed by atoms with van der Waals surface area (Å²) in [7, 11) is 3.73. The number of nitrogens with one attached hydrogen (secondary N) is 1. The Balaban J connectivity index is 2.10. The third kappa shape index (κ3) is 6.49. The van der Waals surface area contributed by atoms with Gasteiger partial charge in [-0.2, -0.15) is 18.4 Å². The van der Waals surface area contributed by atoms with E-state index in [1.165, 1.54) is 13.0 Å². The number of hydrogen-bond donors (Lipinski definition) is 1. The van der Waals surface area contributed by atoms with Gasteiger partial charge in [0.2, 0.25) is 0 Å². The van der Waals surface area contributed by atoms with Crippen LogP contribution in [0.1, 0.15) is 18.1 Å². The molecule has 1 amide bonds. The van der Waals surface area contributed by atoms with Gasteiger partial charge in [0.25, 0.3) is 5.91 Å². The molecule has 0 bridgehead atoms. The van der Waals surface area contributed by atoms with Gasteiger partial charge in [-0.3, -0.25) is 4.79 Å². The predicted molar refractivity (Wildman–Crippen MR) is 115 cm³/mol. The summed E-state index contributed by atoms with van der Waals surface area (Å²) in [5.74, 6) is -1.96. The van der Waals surface area contributed by atoms with Crippen LogP contribution in [0.2, 0.25) is 5.02 Å². The molecule has 0 aliphatic heterocycles. The van der Waals surface area contributed by atoms with E-state index in [4.69, 9.17) is 16.3 Å². The molecule has 10 heteroatoms. The summed E-state index contributed by atoms with van der Waals surface area (Å²) in [6.45, 7) is 1.22. The average Bonchev–Trinajstić information content (AvgIpc) is 2.72. The maximum absolute atomic E-state index is 12.9. The molecule has 0 aliphatic rings. The minimum atomic E-state index is -4.63. The van der Waals surface area contributed by atoms with Gasteiger partial charge in [0, 0.05) is 19.8 Å². The van der Waals surface area contributed by atoms with Gasteiger partial charge >= 0.3 is 12.1 Å². The van der Waals surface area contributed by atoms with Crippen molar-refractivity contribution in [1.29, 1.82) is 5.26 Å². The summed E-state index contributed by atoms with van der Waals surface area (Å²) in [6, 6.07) is 11.1. The minimum absolute atomic E-state index is 0.122. The number of ether oxygens (including phenoxy) is 1. The Bertz CT molecular complexity index is 1070. The van der Waals surface area contributed by atoms with E-state index in [-0.39, 0.29) is 16.3 Å². The number of carbonyl (C=O) groups is 2. The molecule has 32 heavy (non-hydrogen) atoms. The van der Waals surface area contributed by atoms with E-state index in [9.17, 15) is 28.0 Å². The van der Waals surface area contributed by atoms with Crippen molar-refractivity contribution in [2.75, 3.05) is 24.3 Å². The molecule has 0 aromatic heterocycles. The summed E-state index contributed by atoms with van der Waals surface area (Å²) in [5.41, 5.74) is -0.152. The fourth-order valence-electron chi connectivity index (χ4n) is 2.48. The highest BCUT2D eigenvalue weighted by atomic mass is 35.5. The molecule has 6 nitrogen and oxygen atoms in total. The lowest BCUT2D eigenvalue weighted by Gasteiger charge is -2.15. The third-order valence-corrected chi connectivity index (χ3v) is 4.60. The lowest BCUT2D eigenvalue weighted by atomic mass is 10.1. The van der Waals surface area contributed by atoms with Gasteiger partial charge in [-0.05, 0) is 48.9 Å². The van der Waals surface area contributed by atoms with Crippen LogP contribution in [0.3, 0.4) is 0 Å². The van der Waals surface area contributed by atoms with Gasteiger partial charge in [-0.25, -0.2) is 4.79 Å². The molecular weight excluding hydrogens is 447 g/mol. The Hall–Kier alpha value is -3.51. The maximum atomic E-state index is 12.9. The van der Waals surface area contributed by atoms with Crippen LogP contribution in [-0.2, 0) is 20.5 Å². The van der Waals surface area contributed by atoms with Crippen LogP contribution in [0.15, 0.2) is 48.0 Å². The number of nitriles is 1. The van der Waals surface area contributed by atoms with Crippen molar-refractivity contribution in [2.24, 2.45) is 0 Å². The Morgan fingerprint density at radius 2 is 1.81 bits per heavy atom. The van der Waals surface area contributed by atoms with E-state index in [0.717, 1.165) is 17.8 Å². The molecule has 0 radical (unpaired) electrons. The van der Waals surface area contributed by atoms with E-state index in [1.807, 2.05) is 19.0 Å². The van der Waals surface area contributed by atoms with Gasteiger partial charge in [-0.15, -0.1) is 0 Å². The average molecular weight is 466 g/mol. The Kier molecular flexibility index (Phi) is 7.89. The molecule has 1 N–H and O–H groups in total. The van der Waals surface area contributed by atoms with Crippen LogP contribution in [0.4, 0.5) is 24.5 Å². The lowest BCUT2D eigenvalue weighted by molar-refractivity contribution is -0.148. The molecule has 0 saturated heterocycles. The number of alkyl halides is 3. The summed E-state index contributed by atoms with van der Waals surface area (Å²) in [4.78, 5) is 26.5. The van der Waals surface area contributed by atoms with Crippen LogP contribution >= 0.6 is 11.6 Å². The normalized spacial score (nSPS) is 12.5. The minimum Gasteiger partial charge on any atom is -0.448 e. The Labute approximate surface area is 187 Å². The number of hydrogen-bond acceptors (Lipinski definition) is 5. The van der Waals surface area contributed by atoms with Crippen molar-refractivity contribution >= 4 is 40.9 Å². The van der Waals surface area contributed by atoms with E-state index in [1.54, 1.807) is 30.3 Å². The van der Waals surface area contributed by atoms with E-state index < -0.39 is 29.7 Å². The molecule has 0 spiro atoms. The van der Waals surface area contributed by atoms with Crippen molar-refractivity contribution in [3.05, 3.63) is 64.2 Å². The van der Waals surface area contributed by atoms with Crippen LogP contribution in [-0.4, -0.2) is 32.1 Å². The predicted octanol–water partition coefficient (Wildman–Crippen LogP) is 4.90. The zero-order valence-corrected chi connectivity index (χ0v) is 18.1. The summed E-state index contributed by atoms with van der Waals surface area (Å²) >= 11 is 5.85. The fourth-order valence-corrected chi connectivity index (χ4v) is 2.65. The third-order valence-electron chi connectivity index (χ3n) is 4.27. The number of nitrogens with zero attached hydrogens (tertiary/aromatic N) is 2. The van der Waals surface area contributed by atoms with Crippen molar-refractivity contribution in [3.8, 4) is 6.07 Å². The first-order valence-corrected chi connectivity index (χ1v) is 9.58. The van der Waals surface area contributed by atoms with E-state index in [0.29, 0.717) is 11.6 Å². The van der Waals surface area contributed by atoms with Crippen molar-refractivity contribution in [1.82, 2.24) is 0 Å². The first-order chi connectivity index (χ1) is 14.9. The smallest absolute Gasteiger partial charge is 0.416 e. The number of rotatable bonds is 6. The zero-order valence-electron chi connectivity index (χ0n) is 17.3. The summed E-state index contributed by atoms with van der Waals surface area (Å²) < 4.78 is 43.6. The number of halogens is 4. The van der Waals surface area contributed by atoms with Gasteiger partial charge in [0.1, 0.15) is 11.6 Å². The van der Waals surface area contributed by atoms with Gasteiger partial charge in [0.05, 0.1) is 16.3 Å². The molecular formula is C22H19ClF3N3O3. The van der Waals surface area contributed by atoms with Crippen molar-refractivity contribution in [2.45, 2.75) is 19.2 Å². The van der Waals surface area contributed by atoms with Gasteiger partial charge in [-0.1, -0.05) is 23.7 Å². The van der Waals surface area contributed by atoms with Crippen LogP contribution in [0.25, 0.3) is 6.08 Å². The van der Waals surface area contributed by atoms with Gasteiger partial charge in [0.15, 0.2) is 6.10 Å². The molecule has 2 rings (SSSR count). The SMILES string of the molecule is C[C@@H](OC(=O)/C(C#N)=C\c1ccc(N(C)C)cc1)C(=O)Nc1cc(C(F)(F)F)ccc1Cl. The van der Waals surface area contributed by atoms with E-state index in [2.05, 4.69) is 5.32 Å². The molecule has 0 heterocycles. The second-order valence-electron chi connectivity index (χ2n) is 6.88. The molecule has 2 aromatic rings. The number of esters is 1. The summed E-state index contributed by atoms with van der Waals surface area (Å²) in [5, 5.41) is 11.4. The van der Waals surface area contributed by atoms with Crippen molar-refractivity contribution in [3.63, 3.8) is 0 Å². The highest BCUT2D eigenvalue weighted by Gasteiger charge is 2.31. The standard InChI is InChI=1S/C22H19ClF3N3O3/c1-13(20(30)28-19-11-16(22(24,25)26)6-9-18(19)23)32-21(31)15(12-27)10-14-4-7-17(8-5-14)29(2)3/h4-11,13H,1-3H3,(H,28,30)/b15-10-/t13-/m1/s1. The lowest BCUT2D eigenvalue weighted by Crippen LogP contribution is -2.30. The van der Waals surface area contributed by atoms with Crippen LogP contribution in [0.5, 0.6) is 0 Å². The van der Waals surface area contributed by atoms with E-state index >= 15 is 0 Å². The van der Waals surface area contributed by atoms with Crippen molar-refractivity contribution < 1.29 is 27.5 Å². The quantitative estimate of drug-likeness (QED) is 0.372. The number of amides is 1. The van der Waals surface area contributed by atoms with Crippen LogP contribution in [0, 0.1) is 11.3 Å². The summed E-state index contributed by atoms with van der Waals surface area (Å²) in [6.07, 6.45) is -4.73. The number of anilines is 2. The highest BCUT2D eigenvalue weighted by Crippen LogP contribution is 2.33. The molecule has 168 valence electrons. The number of carbonyl (C=O) groups excluding carboxylic acids is 2. The Morgan fingerprint density at radius 1 is 1.19 bits per heavy atom. The van der Waals surface area contributed by atoms with Crippen LogP contribution < -0.4 is 10.2 Å². The molecule has 1 atom stereocenters. The largest absolute Gasteiger partial charge is 0.448 e. The molecule has 0 aliphatic carbocycles. The first-order valence-electron chi connectivity index (χ1n) is 9.20. The Morgan fingerprint density at radius 3 is 2.34 bits per heavy atom. The second-order valence-corrected chi connectivity index (χ2v) is 7.29. The maximum Gasteiger partial charge on any atom is 0.416 e. The zero-order chi connectivity index (χ0) is 24.1. The topological polar surface area (TPSA) is 82.4 Å². The monoisotopic (exact) mass is 465 g/mol. The number of benzene rings is 2. The highest BCUT2D eigenvalue weighted by molar-refractivity contribution is 6.33. The second kappa shape index (κ2) is 10.2.